The molecule has 2 heterocycles. The van der Waals surface area contributed by atoms with E-state index in [1.165, 1.54) is 12.1 Å². The first kappa shape index (κ1) is 20.9. The first-order valence-electron chi connectivity index (χ1n) is 10.3. The molecule has 3 aromatic carbocycles. The maximum atomic E-state index is 13.7. The number of halogens is 3. The van der Waals surface area contributed by atoms with E-state index in [1.54, 1.807) is 23.1 Å². The molecule has 0 spiro atoms. The van der Waals surface area contributed by atoms with Gasteiger partial charge in [0.2, 0.25) is 0 Å². The highest BCUT2D eigenvalue weighted by Crippen LogP contribution is 2.39. The SMILES string of the molecule is Cc1ccc(NC(=O)N2CCc3c([nH]c4ccc(Cl)cc34)C2c2ccc(F)cc2)c(Cl)c1. The Kier molecular flexibility index (Phi) is 5.31. The molecule has 162 valence electrons. The van der Waals surface area contributed by atoms with Crippen LogP contribution in [0.25, 0.3) is 10.9 Å². The van der Waals surface area contributed by atoms with Crippen LogP contribution >= 0.6 is 23.2 Å². The van der Waals surface area contributed by atoms with Crippen molar-refractivity contribution in [3.05, 3.63) is 98.9 Å². The zero-order valence-corrected chi connectivity index (χ0v) is 18.8. The van der Waals surface area contributed by atoms with Gasteiger partial charge in [0.05, 0.1) is 16.8 Å². The maximum absolute atomic E-state index is 13.7. The highest BCUT2D eigenvalue weighted by atomic mass is 35.5. The zero-order chi connectivity index (χ0) is 22.4. The number of benzene rings is 3. The van der Waals surface area contributed by atoms with Gasteiger partial charge in [-0.3, -0.25) is 0 Å². The van der Waals surface area contributed by atoms with E-state index in [-0.39, 0.29) is 11.8 Å². The van der Waals surface area contributed by atoms with E-state index in [2.05, 4.69) is 10.3 Å². The average Bonchev–Trinajstić information content (AvgIpc) is 3.13. The Balaban J connectivity index is 1.58. The molecule has 0 fully saturated rings. The van der Waals surface area contributed by atoms with E-state index < -0.39 is 6.04 Å². The summed E-state index contributed by atoms with van der Waals surface area (Å²) in [5.74, 6) is -0.323. The molecular formula is C25H20Cl2FN3O. The molecule has 0 saturated carbocycles. The number of rotatable bonds is 2. The summed E-state index contributed by atoms with van der Waals surface area (Å²) in [7, 11) is 0. The van der Waals surface area contributed by atoms with Gasteiger partial charge in [0.25, 0.3) is 0 Å². The number of anilines is 1. The smallest absolute Gasteiger partial charge is 0.322 e. The van der Waals surface area contributed by atoms with Gasteiger partial charge in [-0.15, -0.1) is 0 Å². The van der Waals surface area contributed by atoms with Crippen LogP contribution in [0.3, 0.4) is 0 Å². The lowest BCUT2D eigenvalue weighted by molar-refractivity contribution is 0.193. The molecule has 1 aromatic heterocycles. The van der Waals surface area contributed by atoms with Crippen LogP contribution in [0.1, 0.15) is 28.4 Å². The van der Waals surface area contributed by atoms with Crippen molar-refractivity contribution in [1.82, 2.24) is 9.88 Å². The number of fused-ring (bicyclic) bond motifs is 3. The van der Waals surface area contributed by atoms with Crippen molar-refractivity contribution in [2.75, 3.05) is 11.9 Å². The van der Waals surface area contributed by atoms with Gasteiger partial charge >= 0.3 is 6.03 Å². The molecule has 0 saturated heterocycles. The summed E-state index contributed by atoms with van der Waals surface area (Å²) >= 11 is 12.6. The van der Waals surface area contributed by atoms with E-state index >= 15 is 0 Å². The van der Waals surface area contributed by atoms with Crippen LogP contribution < -0.4 is 5.32 Å². The number of aromatic nitrogens is 1. The summed E-state index contributed by atoms with van der Waals surface area (Å²) in [6, 6.07) is 16.8. The second-order valence-corrected chi connectivity index (χ2v) is 8.86. The first-order chi connectivity index (χ1) is 15.4. The Morgan fingerprint density at radius 1 is 1.09 bits per heavy atom. The number of carbonyl (C=O) groups excluding carboxylic acids is 1. The monoisotopic (exact) mass is 467 g/mol. The van der Waals surface area contributed by atoms with Gasteiger partial charge in [0.1, 0.15) is 5.82 Å². The van der Waals surface area contributed by atoms with Crippen molar-refractivity contribution in [3.63, 3.8) is 0 Å². The summed E-state index contributed by atoms with van der Waals surface area (Å²) in [4.78, 5) is 18.6. The van der Waals surface area contributed by atoms with Gasteiger partial charge in [-0.05, 0) is 72.5 Å². The normalized spacial score (nSPS) is 15.6. The minimum Gasteiger partial charge on any atom is -0.356 e. The fourth-order valence-corrected chi connectivity index (χ4v) is 4.83. The molecule has 0 aliphatic carbocycles. The maximum Gasteiger partial charge on any atom is 0.322 e. The van der Waals surface area contributed by atoms with Crippen LogP contribution in [-0.2, 0) is 6.42 Å². The molecule has 32 heavy (non-hydrogen) atoms. The molecular weight excluding hydrogens is 448 g/mol. The van der Waals surface area contributed by atoms with E-state index in [1.807, 2.05) is 37.3 Å². The average molecular weight is 468 g/mol. The third-order valence-corrected chi connectivity index (χ3v) is 6.45. The Hall–Kier alpha value is -3.02. The first-order valence-corrected chi connectivity index (χ1v) is 11.1. The summed E-state index contributed by atoms with van der Waals surface area (Å²) in [5.41, 5.74) is 5.36. The number of aromatic amines is 1. The molecule has 0 bridgehead atoms. The summed E-state index contributed by atoms with van der Waals surface area (Å²) in [6.07, 6.45) is 0.669. The van der Waals surface area contributed by atoms with Crippen LogP contribution in [0.15, 0.2) is 60.7 Å². The van der Waals surface area contributed by atoms with Gasteiger partial charge in [-0.2, -0.15) is 0 Å². The quantitative estimate of drug-likeness (QED) is 0.324. The molecule has 2 amide bonds. The Bertz CT molecular complexity index is 1330. The number of urea groups is 1. The van der Waals surface area contributed by atoms with Gasteiger partial charge in [-0.1, -0.05) is 41.4 Å². The number of hydrogen-bond acceptors (Lipinski definition) is 1. The minimum atomic E-state index is -0.408. The zero-order valence-electron chi connectivity index (χ0n) is 17.3. The molecule has 7 heteroatoms. The van der Waals surface area contributed by atoms with Gasteiger partial charge < -0.3 is 15.2 Å². The van der Waals surface area contributed by atoms with E-state index in [0.29, 0.717) is 28.7 Å². The summed E-state index contributed by atoms with van der Waals surface area (Å²) < 4.78 is 13.7. The van der Waals surface area contributed by atoms with Gasteiger partial charge in [0.15, 0.2) is 0 Å². The third-order valence-electron chi connectivity index (χ3n) is 5.90. The fourth-order valence-electron chi connectivity index (χ4n) is 4.38. The number of carbonyl (C=O) groups is 1. The van der Waals surface area contributed by atoms with Crippen LogP contribution in [0, 0.1) is 12.7 Å². The molecule has 1 aliphatic rings. The highest BCUT2D eigenvalue weighted by Gasteiger charge is 2.35. The lowest BCUT2D eigenvalue weighted by atomic mass is 9.92. The van der Waals surface area contributed by atoms with Crippen LogP contribution in [0.4, 0.5) is 14.9 Å². The second kappa shape index (κ2) is 8.15. The van der Waals surface area contributed by atoms with Crippen molar-refractivity contribution in [2.45, 2.75) is 19.4 Å². The summed E-state index contributed by atoms with van der Waals surface area (Å²) in [6.45, 7) is 2.43. The summed E-state index contributed by atoms with van der Waals surface area (Å²) in [5, 5.41) is 5.12. The second-order valence-electron chi connectivity index (χ2n) is 8.02. The van der Waals surface area contributed by atoms with Crippen molar-refractivity contribution < 1.29 is 9.18 Å². The van der Waals surface area contributed by atoms with Crippen LogP contribution in [0.5, 0.6) is 0 Å². The third kappa shape index (κ3) is 3.72. The highest BCUT2D eigenvalue weighted by molar-refractivity contribution is 6.33. The number of amides is 2. The standard InChI is InChI=1S/C25H20Cl2FN3O/c1-14-2-8-22(20(27)12-14)30-25(32)31-11-10-18-19-13-16(26)5-9-21(19)29-23(18)24(31)15-3-6-17(28)7-4-15/h2-9,12-13,24,29H,10-11H2,1H3,(H,30,32). The number of nitrogens with zero attached hydrogens (tertiary/aromatic N) is 1. The van der Waals surface area contributed by atoms with Gasteiger partial charge in [-0.25, -0.2) is 9.18 Å². The molecule has 1 aliphatic heterocycles. The lowest BCUT2D eigenvalue weighted by Gasteiger charge is -2.36. The van der Waals surface area contributed by atoms with E-state index in [4.69, 9.17) is 23.2 Å². The lowest BCUT2D eigenvalue weighted by Crippen LogP contribution is -2.43. The number of nitrogens with one attached hydrogen (secondary N) is 2. The molecule has 1 atom stereocenters. The van der Waals surface area contributed by atoms with Crippen molar-refractivity contribution in [1.29, 1.82) is 0 Å². The van der Waals surface area contributed by atoms with Crippen molar-refractivity contribution >= 4 is 45.8 Å². The number of aryl methyl sites for hydroxylation is 1. The van der Waals surface area contributed by atoms with Crippen molar-refractivity contribution in [2.24, 2.45) is 0 Å². The largest absolute Gasteiger partial charge is 0.356 e. The molecule has 4 nitrogen and oxygen atoms in total. The fraction of sp³-hybridized carbons (Fsp3) is 0.160. The molecule has 4 aromatic rings. The number of hydrogen-bond donors (Lipinski definition) is 2. The molecule has 0 radical (unpaired) electrons. The predicted molar refractivity (Wildman–Crippen MR) is 127 cm³/mol. The van der Waals surface area contributed by atoms with Crippen molar-refractivity contribution in [3.8, 4) is 0 Å². The van der Waals surface area contributed by atoms with E-state index in [9.17, 15) is 9.18 Å². The van der Waals surface area contributed by atoms with Gasteiger partial charge in [0, 0.05) is 28.2 Å². The predicted octanol–water partition coefficient (Wildman–Crippen LogP) is 7.10. The molecule has 2 N–H and O–H groups in total. The van der Waals surface area contributed by atoms with Crippen LogP contribution in [0.2, 0.25) is 10.0 Å². The molecule has 1 unspecified atom stereocenters. The number of H-pyrrole nitrogens is 1. The Morgan fingerprint density at radius 3 is 2.62 bits per heavy atom. The Labute approximate surface area is 194 Å². The molecule has 5 rings (SSSR count). The Morgan fingerprint density at radius 2 is 1.88 bits per heavy atom. The topological polar surface area (TPSA) is 48.1 Å². The minimum absolute atomic E-state index is 0.271. The van der Waals surface area contributed by atoms with E-state index in [0.717, 1.165) is 33.3 Å². The van der Waals surface area contributed by atoms with Crippen LogP contribution in [-0.4, -0.2) is 22.5 Å².